The number of unbranched alkanes of at least 4 members (excludes halogenated alkanes) is 3. The zero-order valence-electron chi connectivity index (χ0n) is 11.3. The van der Waals surface area contributed by atoms with Crippen molar-refractivity contribution in [2.24, 2.45) is 0 Å². The van der Waals surface area contributed by atoms with Crippen molar-refractivity contribution in [3.8, 4) is 0 Å². The number of carboxylic acids is 1. The molecule has 0 aliphatic carbocycles. The Labute approximate surface area is 109 Å². The van der Waals surface area contributed by atoms with Crippen molar-refractivity contribution in [2.45, 2.75) is 58.4 Å². The Morgan fingerprint density at radius 2 is 1.67 bits per heavy atom. The SMILES string of the molecule is CC(C)(C)NS(=O)(=O)NCCCCCCC(=O)O. The summed E-state index contributed by atoms with van der Waals surface area (Å²) >= 11 is 0. The van der Waals surface area contributed by atoms with E-state index < -0.39 is 21.7 Å². The topological polar surface area (TPSA) is 95.5 Å². The zero-order valence-corrected chi connectivity index (χ0v) is 12.1. The molecule has 108 valence electrons. The summed E-state index contributed by atoms with van der Waals surface area (Å²) in [4.78, 5) is 10.3. The van der Waals surface area contributed by atoms with E-state index in [4.69, 9.17) is 5.11 Å². The van der Waals surface area contributed by atoms with Gasteiger partial charge in [-0.1, -0.05) is 12.8 Å². The van der Waals surface area contributed by atoms with E-state index in [1.54, 1.807) is 20.8 Å². The minimum absolute atomic E-state index is 0.178. The summed E-state index contributed by atoms with van der Waals surface area (Å²) in [5, 5.41) is 8.43. The number of carbonyl (C=O) groups is 1. The highest BCUT2D eigenvalue weighted by molar-refractivity contribution is 7.87. The molecular formula is C11H24N2O4S. The molecule has 0 unspecified atom stereocenters. The van der Waals surface area contributed by atoms with Crippen molar-refractivity contribution < 1.29 is 18.3 Å². The van der Waals surface area contributed by atoms with E-state index in [0.29, 0.717) is 19.4 Å². The van der Waals surface area contributed by atoms with Gasteiger partial charge in [-0.25, -0.2) is 4.72 Å². The molecule has 0 radical (unpaired) electrons. The van der Waals surface area contributed by atoms with E-state index >= 15 is 0 Å². The highest BCUT2D eigenvalue weighted by Crippen LogP contribution is 2.03. The van der Waals surface area contributed by atoms with Gasteiger partial charge < -0.3 is 5.11 Å². The molecule has 0 spiro atoms. The van der Waals surface area contributed by atoms with Gasteiger partial charge in [-0.3, -0.25) is 4.79 Å². The molecule has 6 nitrogen and oxygen atoms in total. The second-order valence-corrected chi connectivity index (χ2v) is 6.81. The predicted molar refractivity (Wildman–Crippen MR) is 70.5 cm³/mol. The second-order valence-electron chi connectivity index (χ2n) is 5.31. The lowest BCUT2D eigenvalue weighted by atomic mass is 10.1. The minimum Gasteiger partial charge on any atom is -0.481 e. The molecule has 0 aliphatic heterocycles. The monoisotopic (exact) mass is 280 g/mol. The molecule has 0 saturated heterocycles. The molecule has 0 atom stereocenters. The number of rotatable bonds is 9. The summed E-state index contributed by atoms with van der Waals surface area (Å²) < 4.78 is 28.0. The molecule has 0 aromatic rings. The Kier molecular flexibility index (Phi) is 7.42. The van der Waals surface area contributed by atoms with Crippen molar-refractivity contribution in [3.63, 3.8) is 0 Å². The molecule has 3 N–H and O–H groups in total. The summed E-state index contributed by atoms with van der Waals surface area (Å²) in [6.45, 7) is 5.70. The quantitative estimate of drug-likeness (QED) is 0.554. The first-order valence-electron chi connectivity index (χ1n) is 6.13. The molecule has 0 rings (SSSR count). The lowest BCUT2D eigenvalue weighted by Gasteiger charge is -2.20. The summed E-state index contributed by atoms with van der Waals surface area (Å²) in [7, 11) is -3.44. The third-order valence-corrected chi connectivity index (χ3v) is 3.52. The van der Waals surface area contributed by atoms with Crippen LogP contribution in [0, 0.1) is 0 Å². The van der Waals surface area contributed by atoms with Crippen molar-refractivity contribution in [3.05, 3.63) is 0 Å². The van der Waals surface area contributed by atoms with E-state index in [-0.39, 0.29) is 6.42 Å². The van der Waals surface area contributed by atoms with Gasteiger partial charge in [-0.2, -0.15) is 13.1 Å². The fraction of sp³-hybridized carbons (Fsp3) is 0.909. The number of nitrogens with one attached hydrogen (secondary N) is 2. The van der Waals surface area contributed by atoms with Crippen LogP contribution in [0.1, 0.15) is 52.9 Å². The fourth-order valence-corrected chi connectivity index (χ4v) is 2.69. The second kappa shape index (κ2) is 7.70. The Bertz CT molecular complexity index is 347. The van der Waals surface area contributed by atoms with Crippen LogP contribution in [0.4, 0.5) is 0 Å². The lowest BCUT2D eigenvalue weighted by molar-refractivity contribution is -0.137. The summed E-state index contributed by atoms with van der Waals surface area (Å²) in [6.07, 6.45) is 3.16. The van der Waals surface area contributed by atoms with E-state index in [0.717, 1.165) is 12.8 Å². The maximum Gasteiger partial charge on any atom is 0.303 e. The van der Waals surface area contributed by atoms with Gasteiger partial charge in [0, 0.05) is 18.5 Å². The highest BCUT2D eigenvalue weighted by Gasteiger charge is 2.18. The maximum absolute atomic E-state index is 11.5. The average Bonchev–Trinajstić information content (AvgIpc) is 2.11. The van der Waals surface area contributed by atoms with Crippen LogP contribution in [0.2, 0.25) is 0 Å². The van der Waals surface area contributed by atoms with Crippen molar-refractivity contribution >= 4 is 16.2 Å². The molecule has 0 heterocycles. The van der Waals surface area contributed by atoms with Gasteiger partial charge in [0.25, 0.3) is 10.2 Å². The van der Waals surface area contributed by atoms with Gasteiger partial charge in [0.2, 0.25) is 0 Å². The van der Waals surface area contributed by atoms with Crippen LogP contribution >= 0.6 is 0 Å². The maximum atomic E-state index is 11.5. The largest absolute Gasteiger partial charge is 0.481 e. The Morgan fingerprint density at radius 1 is 1.11 bits per heavy atom. The summed E-state index contributed by atoms with van der Waals surface area (Å²) in [5.74, 6) is -0.787. The van der Waals surface area contributed by atoms with Crippen molar-refractivity contribution in [1.82, 2.24) is 9.44 Å². The van der Waals surface area contributed by atoms with Crippen LogP contribution < -0.4 is 9.44 Å². The van der Waals surface area contributed by atoms with Gasteiger partial charge in [-0.05, 0) is 33.6 Å². The first-order chi connectivity index (χ1) is 8.12. The number of hydrogen-bond acceptors (Lipinski definition) is 3. The van der Waals surface area contributed by atoms with Crippen LogP contribution in [0.3, 0.4) is 0 Å². The summed E-state index contributed by atoms with van der Waals surface area (Å²) in [5.41, 5.74) is -0.493. The van der Waals surface area contributed by atoms with Crippen LogP contribution in [0.25, 0.3) is 0 Å². The Balaban J connectivity index is 3.63. The molecular weight excluding hydrogens is 256 g/mol. The normalized spacial score (nSPS) is 12.6. The Morgan fingerprint density at radius 3 is 2.17 bits per heavy atom. The Hall–Kier alpha value is -0.660. The van der Waals surface area contributed by atoms with Crippen LogP contribution in [0.15, 0.2) is 0 Å². The molecule has 0 fully saturated rings. The van der Waals surface area contributed by atoms with Crippen molar-refractivity contribution in [2.75, 3.05) is 6.54 Å². The van der Waals surface area contributed by atoms with Gasteiger partial charge >= 0.3 is 5.97 Å². The smallest absolute Gasteiger partial charge is 0.303 e. The molecule has 0 saturated carbocycles. The first-order valence-corrected chi connectivity index (χ1v) is 7.61. The molecule has 0 bridgehead atoms. The standard InChI is InChI=1S/C11H24N2O4S/c1-11(2,3)13-18(16,17)12-9-7-5-4-6-8-10(14)15/h12-13H,4-9H2,1-3H3,(H,14,15). The van der Waals surface area contributed by atoms with E-state index in [2.05, 4.69) is 9.44 Å². The van der Waals surface area contributed by atoms with Crippen molar-refractivity contribution in [1.29, 1.82) is 0 Å². The van der Waals surface area contributed by atoms with E-state index in [1.165, 1.54) is 0 Å². The molecule has 0 aromatic heterocycles. The van der Waals surface area contributed by atoms with Gasteiger partial charge in [0.15, 0.2) is 0 Å². The van der Waals surface area contributed by atoms with Crippen LogP contribution in [-0.4, -0.2) is 31.6 Å². The minimum atomic E-state index is -3.44. The summed E-state index contributed by atoms with van der Waals surface area (Å²) in [6, 6.07) is 0. The lowest BCUT2D eigenvalue weighted by Crippen LogP contribution is -2.47. The fourth-order valence-electron chi connectivity index (χ4n) is 1.40. The zero-order chi connectivity index (χ0) is 14.2. The van der Waals surface area contributed by atoms with Crippen LogP contribution in [0.5, 0.6) is 0 Å². The molecule has 0 aliphatic rings. The first kappa shape index (κ1) is 17.3. The number of carboxylic acid groups (broad SMARTS) is 1. The van der Waals surface area contributed by atoms with Gasteiger partial charge in [0.05, 0.1) is 0 Å². The molecule has 18 heavy (non-hydrogen) atoms. The average molecular weight is 280 g/mol. The predicted octanol–water partition coefficient (Wildman–Crippen LogP) is 1.24. The number of hydrogen-bond donors (Lipinski definition) is 3. The third-order valence-electron chi connectivity index (χ3n) is 2.05. The highest BCUT2D eigenvalue weighted by atomic mass is 32.2. The van der Waals surface area contributed by atoms with Crippen LogP contribution in [-0.2, 0) is 15.0 Å². The van der Waals surface area contributed by atoms with Gasteiger partial charge in [0.1, 0.15) is 0 Å². The van der Waals surface area contributed by atoms with E-state index in [9.17, 15) is 13.2 Å². The molecule has 7 heteroatoms. The molecule has 0 amide bonds. The third kappa shape index (κ3) is 11.8. The number of aliphatic carboxylic acids is 1. The van der Waals surface area contributed by atoms with E-state index in [1.807, 2.05) is 0 Å². The molecule has 0 aromatic carbocycles. The van der Waals surface area contributed by atoms with Gasteiger partial charge in [-0.15, -0.1) is 0 Å².